The maximum absolute atomic E-state index is 10.4. The molecule has 4 heteroatoms. The van der Waals surface area contributed by atoms with Gasteiger partial charge in [-0.1, -0.05) is 6.92 Å². The standard InChI is InChI=1S/C6H12O2.2C5H10O/c1-3-5-6(7)8-4-2;2*1-2-4-6-5-3-1/h3-5H2,1-2H3;2*1-5H2. The zero-order valence-electron chi connectivity index (χ0n) is 13.3. The Hall–Kier alpha value is -0.610. The molecule has 0 N–H and O–H groups in total. The van der Waals surface area contributed by atoms with Crippen molar-refractivity contribution >= 4 is 5.97 Å². The van der Waals surface area contributed by atoms with E-state index < -0.39 is 0 Å². The topological polar surface area (TPSA) is 44.8 Å². The van der Waals surface area contributed by atoms with Crippen LogP contribution >= 0.6 is 0 Å². The van der Waals surface area contributed by atoms with E-state index in [1.165, 1.54) is 38.5 Å². The van der Waals surface area contributed by atoms with Crippen LogP contribution in [0.2, 0.25) is 0 Å². The minimum atomic E-state index is -0.0880. The monoisotopic (exact) mass is 288 g/mol. The first-order valence-corrected chi connectivity index (χ1v) is 8.12. The lowest BCUT2D eigenvalue weighted by Gasteiger charge is -2.08. The van der Waals surface area contributed by atoms with Crippen LogP contribution in [-0.4, -0.2) is 39.0 Å². The average molecular weight is 288 g/mol. The van der Waals surface area contributed by atoms with Crippen molar-refractivity contribution in [1.82, 2.24) is 0 Å². The molecule has 2 rings (SSSR count). The fourth-order valence-corrected chi connectivity index (χ4v) is 1.81. The fraction of sp³-hybridized carbons (Fsp3) is 0.938. The molecule has 2 aliphatic heterocycles. The molecule has 2 heterocycles. The zero-order chi connectivity index (χ0) is 14.9. The summed E-state index contributed by atoms with van der Waals surface area (Å²) in [4.78, 5) is 10.4. The summed E-state index contributed by atoms with van der Waals surface area (Å²) in [5, 5.41) is 0. The van der Waals surface area contributed by atoms with Crippen molar-refractivity contribution in [1.29, 1.82) is 0 Å². The zero-order valence-corrected chi connectivity index (χ0v) is 13.3. The van der Waals surface area contributed by atoms with E-state index in [0.29, 0.717) is 13.0 Å². The maximum Gasteiger partial charge on any atom is 0.305 e. The fourth-order valence-electron chi connectivity index (χ4n) is 1.81. The van der Waals surface area contributed by atoms with Crippen LogP contribution in [-0.2, 0) is 19.0 Å². The third-order valence-corrected chi connectivity index (χ3v) is 2.91. The van der Waals surface area contributed by atoms with Gasteiger partial charge in [0.05, 0.1) is 6.61 Å². The summed E-state index contributed by atoms with van der Waals surface area (Å²) in [5.41, 5.74) is 0. The van der Waals surface area contributed by atoms with Gasteiger partial charge in [-0.15, -0.1) is 0 Å². The summed E-state index contributed by atoms with van der Waals surface area (Å²) in [7, 11) is 0. The number of carbonyl (C=O) groups excluding carboxylic acids is 1. The first-order valence-electron chi connectivity index (χ1n) is 8.12. The van der Waals surface area contributed by atoms with Crippen molar-refractivity contribution < 1.29 is 19.0 Å². The van der Waals surface area contributed by atoms with Gasteiger partial charge in [0.2, 0.25) is 0 Å². The highest BCUT2D eigenvalue weighted by atomic mass is 16.5. The van der Waals surface area contributed by atoms with Crippen molar-refractivity contribution in [3.63, 3.8) is 0 Å². The molecule has 0 unspecified atom stereocenters. The SMILES string of the molecule is C1CCOCC1.C1CCOCC1.CCCC(=O)OCC. The molecular weight excluding hydrogens is 256 g/mol. The maximum atomic E-state index is 10.4. The number of hydrogen-bond acceptors (Lipinski definition) is 4. The van der Waals surface area contributed by atoms with Crippen LogP contribution in [0.15, 0.2) is 0 Å². The van der Waals surface area contributed by atoms with E-state index >= 15 is 0 Å². The highest BCUT2D eigenvalue weighted by Gasteiger charge is 1.96. The minimum Gasteiger partial charge on any atom is -0.466 e. The van der Waals surface area contributed by atoms with Crippen LogP contribution in [0.5, 0.6) is 0 Å². The Morgan fingerprint density at radius 2 is 1.30 bits per heavy atom. The molecule has 0 saturated carbocycles. The summed E-state index contributed by atoms with van der Waals surface area (Å²) in [6.07, 6.45) is 9.28. The molecular formula is C16H32O4. The molecule has 0 aliphatic carbocycles. The molecule has 20 heavy (non-hydrogen) atoms. The van der Waals surface area contributed by atoms with Gasteiger partial charge in [-0.25, -0.2) is 0 Å². The van der Waals surface area contributed by atoms with Gasteiger partial charge in [0.25, 0.3) is 0 Å². The highest BCUT2D eigenvalue weighted by Crippen LogP contribution is 2.02. The molecule has 0 spiro atoms. The number of esters is 1. The Morgan fingerprint density at radius 3 is 1.50 bits per heavy atom. The second-order valence-corrected chi connectivity index (χ2v) is 4.90. The lowest BCUT2D eigenvalue weighted by molar-refractivity contribution is -0.143. The van der Waals surface area contributed by atoms with E-state index in [1.54, 1.807) is 0 Å². The van der Waals surface area contributed by atoms with Gasteiger partial charge in [0, 0.05) is 32.8 Å². The number of ether oxygens (including phenoxy) is 3. The highest BCUT2D eigenvalue weighted by molar-refractivity contribution is 5.69. The van der Waals surface area contributed by atoms with Gasteiger partial charge in [-0.3, -0.25) is 4.79 Å². The molecule has 0 amide bonds. The number of rotatable bonds is 3. The van der Waals surface area contributed by atoms with Crippen molar-refractivity contribution in [3.05, 3.63) is 0 Å². The largest absolute Gasteiger partial charge is 0.466 e. The molecule has 2 fully saturated rings. The van der Waals surface area contributed by atoms with E-state index in [-0.39, 0.29) is 5.97 Å². The lowest BCUT2D eigenvalue weighted by Crippen LogP contribution is -2.03. The second-order valence-electron chi connectivity index (χ2n) is 4.90. The predicted octanol–water partition coefficient (Wildman–Crippen LogP) is 3.72. The second kappa shape index (κ2) is 16.4. The number of carbonyl (C=O) groups is 1. The third kappa shape index (κ3) is 15.4. The van der Waals surface area contributed by atoms with Gasteiger partial charge < -0.3 is 14.2 Å². The van der Waals surface area contributed by atoms with Crippen molar-refractivity contribution in [2.75, 3.05) is 33.0 Å². The molecule has 2 aliphatic rings. The Labute approximate surface area is 124 Å². The normalized spacial score (nSPS) is 17.9. The molecule has 4 nitrogen and oxygen atoms in total. The Balaban J connectivity index is 0.000000274. The first kappa shape index (κ1) is 19.4. The van der Waals surface area contributed by atoms with Crippen molar-refractivity contribution in [2.24, 2.45) is 0 Å². The molecule has 0 aromatic heterocycles. The Kier molecular flexibility index (Phi) is 15.9. The molecule has 0 aromatic rings. The van der Waals surface area contributed by atoms with Crippen LogP contribution in [0.1, 0.15) is 65.2 Å². The van der Waals surface area contributed by atoms with Gasteiger partial charge in [-0.05, 0) is 51.9 Å². The summed E-state index contributed by atoms with van der Waals surface area (Å²) in [6, 6.07) is 0. The van der Waals surface area contributed by atoms with Crippen LogP contribution in [0.25, 0.3) is 0 Å². The minimum absolute atomic E-state index is 0.0880. The molecule has 0 aromatic carbocycles. The first-order chi connectivity index (χ1) is 9.81. The molecule has 0 bridgehead atoms. The molecule has 0 radical (unpaired) electrons. The molecule has 0 atom stereocenters. The van der Waals surface area contributed by atoms with Crippen molar-refractivity contribution in [3.8, 4) is 0 Å². The van der Waals surface area contributed by atoms with Crippen LogP contribution in [0.4, 0.5) is 0 Å². The number of hydrogen-bond donors (Lipinski definition) is 0. The lowest BCUT2D eigenvalue weighted by atomic mass is 10.2. The Bertz CT molecular complexity index is 156. The van der Waals surface area contributed by atoms with E-state index in [4.69, 9.17) is 9.47 Å². The summed E-state index contributed by atoms with van der Waals surface area (Å²) in [5.74, 6) is -0.0880. The van der Waals surface area contributed by atoms with Gasteiger partial charge >= 0.3 is 5.97 Å². The smallest absolute Gasteiger partial charge is 0.305 e. The van der Waals surface area contributed by atoms with Gasteiger partial charge in [0.15, 0.2) is 0 Å². The predicted molar refractivity (Wildman–Crippen MR) is 80.9 cm³/mol. The summed E-state index contributed by atoms with van der Waals surface area (Å²) < 4.78 is 14.8. The van der Waals surface area contributed by atoms with Gasteiger partial charge in [-0.2, -0.15) is 0 Å². The van der Waals surface area contributed by atoms with Crippen LogP contribution < -0.4 is 0 Å². The third-order valence-electron chi connectivity index (χ3n) is 2.91. The van der Waals surface area contributed by atoms with Crippen molar-refractivity contribution in [2.45, 2.75) is 65.2 Å². The quantitative estimate of drug-likeness (QED) is 0.742. The van der Waals surface area contributed by atoms with Gasteiger partial charge in [0.1, 0.15) is 0 Å². The van der Waals surface area contributed by atoms with Crippen LogP contribution in [0.3, 0.4) is 0 Å². The summed E-state index contributed by atoms with van der Waals surface area (Å²) in [6.45, 7) is 8.27. The van der Waals surface area contributed by atoms with Crippen LogP contribution in [0, 0.1) is 0 Å². The summed E-state index contributed by atoms with van der Waals surface area (Å²) >= 11 is 0. The Morgan fingerprint density at radius 1 is 0.850 bits per heavy atom. The van der Waals surface area contributed by atoms with E-state index in [1.807, 2.05) is 13.8 Å². The molecule has 120 valence electrons. The van der Waals surface area contributed by atoms with E-state index in [2.05, 4.69) is 4.74 Å². The van der Waals surface area contributed by atoms with E-state index in [0.717, 1.165) is 32.8 Å². The molecule has 2 saturated heterocycles. The van der Waals surface area contributed by atoms with E-state index in [9.17, 15) is 4.79 Å². The average Bonchev–Trinajstić information content (AvgIpc) is 2.52.